The Bertz CT molecular complexity index is 134. The molecule has 72 valence electrons. The number of hydrogen-bond acceptors (Lipinski definition) is 2. The molecule has 0 saturated heterocycles. The maximum absolute atomic E-state index is 9.02. The van der Waals surface area contributed by atoms with Crippen LogP contribution in [0.15, 0.2) is 0 Å². The van der Waals surface area contributed by atoms with Gasteiger partial charge in [-0.2, -0.15) is 0 Å². The average molecular weight is 172 g/mol. The number of methoxy groups -OCH3 is 1. The van der Waals surface area contributed by atoms with E-state index >= 15 is 0 Å². The molecule has 0 spiro atoms. The smallest absolute Gasteiger partial charge is 0.0605 e. The molecular formula is C10H20O2. The number of ether oxygens (including phenoxy) is 1. The standard InChI is InChI=1S/C10H20O2/c1-7(2)9-4-8(6-11)5-10(9)12-3/h7-11H,4-6H2,1-3H3/t8-,9-,10+/m0/s1. The highest BCUT2D eigenvalue weighted by atomic mass is 16.5. The van der Waals surface area contributed by atoms with Crippen molar-refractivity contribution in [2.24, 2.45) is 17.8 Å². The summed E-state index contributed by atoms with van der Waals surface area (Å²) in [5, 5.41) is 9.02. The van der Waals surface area contributed by atoms with Crippen molar-refractivity contribution >= 4 is 0 Å². The molecule has 1 fully saturated rings. The molecular weight excluding hydrogens is 152 g/mol. The van der Waals surface area contributed by atoms with Gasteiger partial charge in [-0.05, 0) is 30.6 Å². The molecule has 1 rings (SSSR count). The van der Waals surface area contributed by atoms with Crippen molar-refractivity contribution in [1.29, 1.82) is 0 Å². The minimum absolute atomic E-state index is 0.323. The zero-order valence-electron chi connectivity index (χ0n) is 8.29. The third-order valence-corrected chi connectivity index (χ3v) is 3.07. The van der Waals surface area contributed by atoms with Gasteiger partial charge in [0.2, 0.25) is 0 Å². The van der Waals surface area contributed by atoms with E-state index in [1.807, 2.05) is 0 Å². The maximum Gasteiger partial charge on any atom is 0.0605 e. The van der Waals surface area contributed by atoms with E-state index in [4.69, 9.17) is 9.84 Å². The molecule has 1 aliphatic carbocycles. The van der Waals surface area contributed by atoms with Crippen LogP contribution in [0.3, 0.4) is 0 Å². The van der Waals surface area contributed by atoms with Gasteiger partial charge in [0.1, 0.15) is 0 Å². The summed E-state index contributed by atoms with van der Waals surface area (Å²) in [6, 6.07) is 0. The van der Waals surface area contributed by atoms with Crippen molar-refractivity contribution in [3.05, 3.63) is 0 Å². The number of rotatable bonds is 3. The fourth-order valence-electron chi connectivity index (χ4n) is 2.26. The van der Waals surface area contributed by atoms with Gasteiger partial charge in [0.05, 0.1) is 6.10 Å². The summed E-state index contributed by atoms with van der Waals surface area (Å²) in [5.74, 6) is 1.79. The van der Waals surface area contributed by atoms with E-state index in [-0.39, 0.29) is 0 Å². The average Bonchev–Trinajstić information content (AvgIpc) is 2.47. The van der Waals surface area contributed by atoms with Crippen LogP contribution in [-0.2, 0) is 4.74 Å². The van der Waals surface area contributed by atoms with E-state index in [1.54, 1.807) is 7.11 Å². The molecule has 0 aromatic rings. The Labute approximate surface area is 74.9 Å². The largest absolute Gasteiger partial charge is 0.396 e. The topological polar surface area (TPSA) is 29.5 Å². The molecule has 2 heteroatoms. The highest BCUT2D eigenvalue weighted by Gasteiger charge is 2.35. The molecule has 12 heavy (non-hydrogen) atoms. The van der Waals surface area contributed by atoms with Crippen molar-refractivity contribution in [2.75, 3.05) is 13.7 Å². The minimum atomic E-state index is 0.323. The summed E-state index contributed by atoms with van der Waals surface area (Å²) in [4.78, 5) is 0. The first-order chi connectivity index (χ1) is 5.69. The molecule has 1 aliphatic rings. The summed E-state index contributed by atoms with van der Waals surface area (Å²) in [7, 11) is 1.78. The zero-order chi connectivity index (χ0) is 9.14. The molecule has 2 nitrogen and oxygen atoms in total. The van der Waals surface area contributed by atoms with Crippen LogP contribution in [0.5, 0.6) is 0 Å². The molecule has 0 unspecified atom stereocenters. The van der Waals surface area contributed by atoms with E-state index in [1.165, 1.54) is 0 Å². The van der Waals surface area contributed by atoms with Crippen LogP contribution in [0.1, 0.15) is 26.7 Å². The molecule has 0 aliphatic heterocycles. The molecule has 0 amide bonds. The van der Waals surface area contributed by atoms with Crippen LogP contribution >= 0.6 is 0 Å². The van der Waals surface area contributed by atoms with Crippen molar-refractivity contribution < 1.29 is 9.84 Å². The van der Waals surface area contributed by atoms with E-state index in [2.05, 4.69) is 13.8 Å². The van der Waals surface area contributed by atoms with Gasteiger partial charge in [0.15, 0.2) is 0 Å². The fraction of sp³-hybridized carbons (Fsp3) is 1.00. The van der Waals surface area contributed by atoms with Gasteiger partial charge in [-0.3, -0.25) is 0 Å². The van der Waals surface area contributed by atoms with Crippen LogP contribution in [0, 0.1) is 17.8 Å². The Morgan fingerprint density at radius 1 is 1.42 bits per heavy atom. The molecule has 0 bridgehead atoms. The summed E-state index contributed by atoms with van der Waals surface area (Å²) in [6.45, 7) is 4.79. The van der Waals surface area contributed by atoms with Gasteiger partial charge < -0.3 is 9.84 Å². The summed E-state index contributed by atoms with van der Waals surface area (Å²) < 4.78 is 5.41. The molecule has 3 atom stereocenters. The van der Waals surface area contributed by atoms with E-state index < -0.39 is 0 Å². The number of aliphatic hydroxyl groups is 1. The lowest BCUT2D eigenvalue weighted by molar-refractivity contribution is 0.0525. The van der Waals surface area contributed by atoms with Crippen molar-refractivity contribution in [1.82, 2.24) is 0 Å². The molecule has 1 saturated carbocycles. The Morgan fingerprint density at radius 2 is 2.08 bits per heavy atom. The lowest BCUT2D eigenvalue weighted by Gasteiger charge is -2.21. The lowest BCUT2D eigenvalue weighted by atomic mass is 9.92. The first-order valence-electron chi connectivity index (χ1n) is 4.82. The predicted octanol–water partition coefficient (Wildman–Crippen LogP) is 1.68. The second-order valence-electron chi connectivity index (χ2n) is 4.20. The molecule has 0 heterocycles. The highest BCUT2D eigenvalue weighted by Crippen LogP contribution is 2.37. The number of aliphatic hydroxyl groups excluding tert-OH is 1. The second-order valence-corrected chi connectivity index (χ2v) is 4.20. The first kappa shape index (κ1) is 10.0. The number of hydrogen-bond donors (Lipinski definition) is 1. The molecule has 1 N–H and O–H groups in total. The van der Waals surface area contributed by atoms with Crippen LogP contribution < -0.4 is 0 Å². The van der Waals surface area contributed by atoms with Gasteiger partial charge in [-0.15, -0.1) is 0 Å². The first-order valence-corrected chi connectivity index (χ1v) is 4.82. The predicted molar refractivity (Wildman–Crippen MR) is 48.9 cm³/mol. The lowest BCUT2D eigenvalue weighted by Crippen LogP contribution is -2.20. The van der Waals surface area contributed by atoms with Crippen molar-refractivity contribution in [3.63, 3.8) is 0 Å². The summed E-state index contributed by atoms with van der Waals surface area (Å²) >= 11 is 0. The minimum Gasteiger partial charge on any atom is -0.396 e. The Balaban J connectivity index is 2.50. The SMILES string of the molecule is CO[C@@H]1C[C@@H](CO)C[C@H]1C(C)C. The van der Waals surface area contributed by atoms with Crippen LogP contribution in [0.25, 0.3) is 0 Å². The normalized spacial score (nSPS) is 36.2. The highest BCUT2D eigenvalue weighted by molar-refractivity contribution is 4.85. The summed E-state index contributed by atoms with van der Waals surface area (Å²) in [6.07, 6.45) is 2.55. The van der Waals surface area contributed by atoms with Crippen LogP contribution in [-0.4, -0.2) is 24.9 Å². The summed E-state index contributed by atoms with van der Waals surface area (Å²) in [5.41, 5.74) is 0. The molecule has 0 aromatic heterocycles. The monoisotopic (exact) mass is 172 g/mol. The van der Waals surface area contributed by atoms with Gasteiger partial charge >= 0.3 is 0 Å². The third-order valence-electron chi connectivity index (χ3n) is 3.07. The Morgan fingerprint density at radius 3 is 2.42 bits per heavy atom. The van der Waals surface area contributed by atoms with Gasteiger partial charge in [-0.1, -0.05) is 13.8 Å². The fourth-order valence-corrected chi connectivity index (χ4v) is 2.26. The van der Waals surface area contributed by atoms with Gasteiger partial charge in [0, 0.05) is 13.7 Å². The second kappa shape index (κ2) is 4.24. The molecule has 0 radical (unpaired) electrons. The quantitative estimate of drug-likeness (QED) is 0.701. The van der Waals surface area contributed by atoms with E-state index in [9.17, 15) is 0 Å². The van der Waals surface area contributed by atoms with Gasteiger partial charge in [0.25, 0.3) is 0 Å². The van der Waals surface area contributed by atoms with Gasteiger partial charge in [-0.25, -0.2) is 0 Å². The van der Waals surface area contributed by atoms with Crippen LogP contribution in [0.4, 0.5) is 0 Å². The van der Waals surface area contributed by atoms with Crippen LogP contribution in [0.2, 0.25) is 0 Å². The third kappa shape index (κ3) is 1.99. The zero-order valence-corrected chi connectivity index (χ0v) is 8.29. The van der Waals surface area contributed by atoms with Crippen molar-refractivity contribution in [3.8, 4) is 0 Å². The molecule has 0 aromatic carbocycles. The Kier molecular flexibility index (Phi) is 3.53. The van der Waals surface area contributed by atoms with E-state index in [0.29, 0.717) is 30.5 Å². The Hall–Kier alpha value is -0.0800. The maximum atomic E-state index is 9.02. The van der Waals surface area contributed by atoms with Crippen molar-refractivity contribution in [2.45, 2.75) is 32.8 Å². The van der Waals surface area contributed by atoms with E-state index in [0.717, 1.165) is 12.8 Å².